The second kappa shape index (κ2) is 9.94. The lowest BCUT2D eigenvalue weighted by atomic mass is 9.86. The first-order chi connectivity index (χ1) is 25.3. The van der Waals surface area contributed by atoms with E-state index < -0.39 is 0 Å². The molecule has 12 aromatic rings. The Bertz CT molecular complexity index is 3400. The molecule has 0 amide bonds. The van der Waals surface area contributed by atoms with Crippen molar-refractivity contribution in [2.24, 2.45) is 0 Å². The lowest BCUT2D eigenvalue weighted by molar-refractivity contribution is 0.670. The normalized spacial score (nSPS) is 12.3. The maximum atomic E-state index is 7.00. The monoisotopic (exact) mass is 644 g/mol. The standard InChI is InChI=1S/C50H28O/c1-2-10-34-28-46-43(24-33(34)9-1)44-26-36(38-21-19-32-17-16-30-12-7-13-31-20-23-40(38)48(32)47(30)31)27-45(50(44)51-46)49-39-15-6-4-11-35(39)25-42-37-14-5-3-8-29(37)18-22-41(42)49/h1-28H. The Morgan fingerprint density at radius 2 is 0.902 bits per heavy atom. The molecule has 0 aliphatic carbocycles. The summed E-state index contributed by atoms with van der Waals surface area (Å²) in [6.45, 7) is 0. The van der Waals surface area contributed by atoms with Crippen LogP contribution in [0.15, 0.2) is 174 Å². The molecule has 0 spiro atoms. The van der Waals surface area contributed by atoms with Gasteiger partial charge in [0.05, 0.1) is 0 Å². The predicted octanol–water partition coefficient (Wildman–Crippen LogP) is 14.4. The minimum Gasteiger partial charge on any atom is -0.455 e. The second-order valence-corrected chi connectivity index (χ2v) is 14.0. The molecule has 1 nitrogen and oxygen atoms in total. The third kappa shape index (κ3) is 3.75. The Kier molecular flexibility index (Phi) is 5.29. The summed E-state index contributed by atoms with van der Waals surface area (Å²) in [5, 5.41) is 19.9. The van der Waals surface area contributed by atoms with Gasteiger partial charge in [0, 0.05) is 21.9 Å². The van der Waals surface area contributed by atoms with Gasteiger partial charge in [-0.2, -0.15) is 0 Å². The largest absolute Gasteiger partial charge is 0.455 e. The van der Waals surface area contributed by atoms with Gasteiger partial charge in [-0.05, 0) is 117 Å². The summed E-state index contributed by atoms with van der Waals surface area (Å²) in [4.78, 5) is 0. The van der Waals surface area contributed by atoms with E-state index in [1.807, 2.05) is 0 Å². The third-order valence-electron chi connectivity index (χ3n) is 11.3. The van der Waals surface area contributed by atoms with Crippen molar-refractivity contribution in [1.82, 2.24) is 0 Å². The highest BCUT2D eigenvalue weighted by Gasteiger charge is 2.21. The van der Waals surface area contributed by atoms with Gasteiger partial charge < -0.3 is 4.42 Å². The number of hydrogen-bond acceptors (Lipinski definition) is 1. The first kappa shape index (κ1) is 27.2. The number of furan rings is 1. The van der Waals surface area contributed by atoms with Gasteiger partial charge in [-0.1, -0.05) is 140 Å². The molecule has 0 unspecified atom stereocenters. The van der Waals surface area contributed by atoms with Crippen molar-refractivity contribution in [1.29, 1.82) is 0 Å². The zero-order valence-electron chi connectivity index (χ0n) is 27.6. The zero-order chi connectivity index (χ0) is 33.2. The molecule has 0 radical (unpaired) electrons. The van der Waals surface area contributed by atoms with E-state index in [2.05, 4.69) is 170 Å². The molecule has 12 rings (SSSR count). The molecule has 0 aliphatic rings. The van der Waals surface area contributed by atoms with Crippen molar-refractivity contribution in [3.63, 3.8) is 0 Å². The minimum absolute atomic E-state index is 0.910. The fraction of sp³-hybridized carbons (Fsp3) is 0. The number of benzene rings is 11. The zero-order valence-corrected chi connectivity index (χ0v) is 27.6. The number of fused-ring (bicyclic) bond motifs is 8. The fourth-order valence-corrected chi connectivity index (χ4v) is 9.00. The van der Waals surface area contributed by atoms with E-state index in [-0.39, 0.29) is 0 Å². The van der Waals surface area contributed by atoms with Crippen LogP contribution in [-0.4, -0.2) is 0 Å². The van der Waals surface area contributed by atoms with E-state index >= 15 is 0 Å². The number of hydrogen-bond donors (Lipinski definition) is 0. The molecule has 51 heavy (non-hydrogen) atoms. The van der Waals surface area contributed by atoms with Crippen LogP contribution < -0.4 is 0 Å². The van der Waals surface area contributed by atoms with Gasteiger partial charge in [0.15, 0.2) is 0 Å². The van der Waals surface area contributed by atoms with Gasteiger partial charge in [-0.25, -0.2) is 0 Å². The van der Waals surface area contributed by atoms with E-state index in [0.29, 0.717) is 0 Å². The van der Waals surface area contributed by atoms with Crippen LogP contribution in [0.1, 0.15) is 0 Å². The molecule has 234 valence electrons. The molecule has 0 saturated carbocycles. The second-order valence-electron chi connectivity index (χ2n) is 14.0. The van der Waals surface area contributed by atoms with E-state index in [1.54, 1.807) is 0 Å². The SMILES string of the molecule is c1ccc2cc3c(cc2c1)oc1c(-c2c4ccccc4cc4c2ccc2ccccc24)cc(-c2ccc4ccc5cccc6ccc2c4c56)cc13. The topological polar surface area (TPSA) is 13.1 Å². The summed E-state index contributed by atoms with van der Waals surface area (Å²) in [6.07, 6.45) is 0. The molecule has 0 saturated heterocycles. The van der Waals surface area contributed by atoms with Crippen LogP contribution in [0.4, 0.5) is 0 Å². The number of rotatable bonds is 2. The fourth-order valence-electron chi connectivity index (χ4n) is 9.00. The van der Waals surface area contributed by atoms with Crippen LogP contribution in [0.3, 0.4) is 0 Å². The summed E-state index contributed by atoms with van der Waals surface area (Å²) in [7, 11) is 0. The van der Waals surface area contributed by atoms with Crippen molar-refractivity contribution in [2.45, 2.75) is 0 Å². The van der Waals surface area contributed by atoms with E-state index in [9.17, 15) is 0 Å². The lowest BCUT2D eigenvalue weighted by Crippen LogP contribution is -1.90. The Balaban J connectivity index is 1.27. The maximum absolute atomic E-state index is 7.00. The molecule has 11 aromatic carbocycles. The molecular formula is C50H28O. The smallest absolute Gasteiger partial charge is 0.143 e. The molecule has 0 aliphatic heterocycles. The molecule has 1 heteroatoms. The average molecular weight is 645 g/mol. The Morgan fingerprint density at radius 1 is 0.294 bits per heavy atom. The van der Waals surface area contributed by atoms with E-state index in [4.69, 9.17) is 4.42 Å². The Labute approximate surface area is 292 Å². The summed E-state index contributed by atoms with van der Waals surface area (Å²) in [5.74, 6) is 0. The summed E-state index contributed by atoms with van der Waals surface area (Å²) in [6, 6.07) is 62.7. The average Bonchev–Trinajstić information content (AvgIpc) is 3.55. The lowest BCUT2D eigenvalue weighted by Gasteiger charge is -2.17. The third-order valence-corrected chi connectivity index (χ3v) is 11.3. The van der Waals surface area contributed by atoms with Gasteiger partial charge in [0.1, 0.15) is 11.2 Å². The quantitative estimate of drug-likeness (QED) is 0.135. The van der Waals surface area contributed by atoms with Crippen molar-refractivity contribution in [2.75, 3.05) is 0 Å². The van der Waals surface area contributed by atoms with Crippen LogP contribution in [0, 0.1) is 0 Å². The molecule has 0 N–H and O–H groups in total. The van der Waals surface area contributed by atoms with Gasteiger partial charge >= 0.3 is 0 Å². The molecular weight excluding hydrogens is 617 g/mol. The van der Waals surface area contributed by atoms with Crippen molar-refractivity contribution >= 4 is 97.3 Å². The van der Waals surface area contributed by atoms with Crippen LogP contribution in [-0.2, 0) is 0 Å². The highest BCUT2D eigenvalue weighted by molar-refractivity contribution is 6.27. The summed E-state index contributed by atoms with van der Waals surface area (Å²) < 4.78 is 7.00. The van der Waals surface area contributed by atoms with Crippen molar-refractivity contribution < 1.29 is 4.42 Å². The first-order valence-electron chi connectivity index (χ1n) is 17.7. The van der Waals surface area contributed by atoms with Crippen LogP contribution in [0.25, 0.3) is 120 Å². The van der Waals surface area contributed by atoms with Gasteiger partial charge in [0.25, 0.3) is 0 Å². The minimum atomic E-state index is 0.910. The molecule has 0 bridgehead atoms. The molecule has 0 atom stereocenters. The van der Waals surface area contributed by atoms with Gasteiger partial charge in [-0.15, -0.1) is 0 Å². The summed E-state index contributed by atoms with van der Waals surface area (Å²) in [5.41, 5.74) is 6.58. The maximum Gasteiger partial charge on any atom is 0.143 e. The Hall–Kier alpha value is -6.70. The van der Waals surface area contributed by atoms with E-state index in [0.717, 1.165) is 27.5 Å². The molecule has 1 heterocycles. The van der Waals surface area contributed by atoms with Gasteiger partial charge in [0.2, 0.25) is 0 Å². The summed E-state index contributed by atoms with van der Waals surface area (Å²) >= 11 is 0. The Morgan fingerprint density at radius 3 is 1.75 bits per heavy atom. The molecule has 1 aromatic heterocycles. The van der Waals surface area contributed by atoms with Crippen LogP contribution in [0.5, 0.6) is 0 Å². The highest BCUT2D eigenvalue weighted by atomic mass is 16.3. The van der Waals surface area contributed by atoms with Crippen molar-refractivity contribution in [3.8, 4) is 22.3 Å². The van der Waals surface area contributed by atoms with Gasteiger partial charge in [-0.3, -0.25) is 0 Å². The molecule has 0 fully saturated rings. The van der Waals surface area contributed by atoms with Crippen LogP contribution >= 0.6 is 0 Å². The van der Waals surface area contributed by atoms with E-state index in [1.165, 1.54) is 92.1 Å². The predicted molar refractivity (Wildman–Crippen MR) is 218 cm³/mol. The highest BCUT2D eigenvalue weighted by Crippen LogP contribution is 2.47. The van der Waals surface area contributed by atoms with Crippen LogP contribution in [0.2, 0.25) is 0 Å². The first-order valence-corrected chi connectivity index (χ1v) is 17.7. The van der Waals surface area contributed by atoms with Crippen molar-refractivity contribution in [3.05, 3.63) is 170 Å².